The monoisotopic (exact) mass is 376 g/mol. The van der Waals surface area contributed by atoms with Crippen LogP contribution in [0.5, 0.6) is 0 Å². The van der Waals surface area contributed by atoms with E-state index in [0.29, 0.717) is 18.4 Å². The molecule has 3 atom stereocenters. The van der Waals surface area contributed by atoms with Crippen molar-refractivity contribution in [3.63, 3.8) is 0 Å². The number of nitrogens with zero attached hydrogens (tertiary/aromatic N) is 2. The topological polar surface area (TPSA) is 80.5 Å². The number of hydrogen-bond donors (Lipinski definition) is 0. The molecule has 0 spiro atoms. The van der Waals surface area contributed by atoms with Crippen LogP contribution in [0.3, 0.4) is 0 Å². The maximum atomic E-state index is 13.2. The van der Waals surface area contributed by atoms with Crippen molar-refractivity contribution in [2.75, 3.05) is 6.54 Å². The summed E-state index contributed by atoms with van der Waals surface area (Å²) in [5.74, 6) is 1.04. The highest BCUT2D eigenvalue weighted by atomic mass is 32.2. The lowest BCUT2D eigenvalue weighted by Crippen LogP contribution is -2.49. The Morgan fingerprint density at radius 1 is 1.08 bits per heavy atom. The largest absolute Gasteiger partial charge is 0.269 e. The SMILES string of the molecule is O=[N+]([O-])c1ccc(S(=O)(=O)N2CCC[C@@H]3C[C@@H]4CCCCC4=C[C@@H]32)cc1. The lowest BCUT2D eigenvalue weighted by Gasteiger charge is -2.45. The molecule has 1 aromatic carbocycles. The van der Waals surface area contributed by atoms with Crippen LogP contribution in [-0.2, 0) is 10.0 Å². The van der Waals surface area contributed by atoms with E-state index >= 15 is 0 Å². The second-order valence-electron chi connectivity index (χ2n) is 7.68. The number of hydrogen-bond acceptors (Lipinski definition) is 4. The Labute approximate surface area is 154 Å². The van der Waals surface area contributed by atoms with Crippen molar-refractivity contribution in [3.8, 4) is 0 Å². The summed E-state index contributed by atoms with van der Waals surface area (Å²) in [7, 11) is -3.65. The molecule has 1 aliphatic heterocycles. The highest BCUT2D eigenvalue weighted by Crippen LogP contribution is 2.44. The first kappa shape index (κ1) is 17.7. The smallest absolute Gasteiger partial charge is 0.258 e. The predicted molar refractivity (Wildman–Crippen MR) is 98.2 cm³/mol. The Morgan fingerprint density at radius 2 is 1.85 bits per heavy atom. The molecule has 2 fully saturated rings. The molecule has 6 nitrogen and oxygen atoms in total. The normalized spacial score (nSPS) is 29.4. The number of sulfonamides is 1. The van der Waals surface area contributed by atoms with Crippen LogP contribution in [-0.4, -0.2) is 30.2 Å². The van der Waals surface area contributed by atoms with E-state index in [2.05, 4.69) is 6.08 Å². The average Bonchev–Trinajstić information content (AvgIpc) is 2.65. The molecule has 7 heteroatoms. The molecule has 3 aliphatic rings. The summed E-state index contributed by atoms with van der Waals surface area (Å²) in [6, 6.07) is 5.19. The van der Waals surface area contributed by atoms with Gasteiger partial charge in [0.2, 0.25) is 10.0 Å². The summed E-state index contributed by atoms with van der Waals surface area (Å²) < 4.78 is 28.1. The first-order valence-corrected chi connectivity index (χ1v) is 10.9. The molecule has 0 aromatic heterocycles. The molecule has 0 amide bonds. The molecule has 140 valence electrons. The Morgan fingerprint density at radius 3 is 2.58 bits per heavy atom. The van der Waals surface area contributed by atoms with Gasteiger partial charge in [-0.25, -0.2) is 8.42 Å². The Hall–Kier alpha value is -1.73. The standard InChI is InChI=1S/C19H24N2O4S/c22-21(23)17-7-9-18(10-8-17)26(24,25)20-11-3-6-16-12-14-4-1-2-5-15(14)13-19(16)20/h7-10,13-14,16,19H,1-6,11-12H2/t14-,16+,19-/m0/s1. The van der Waals surface area contributed by atoms with Crippen LogP contribution in [0, 0.1) is 22.0 Å². The number of fused-ring (bicyclic) bond motifs is 2. The van der Waals surface area contributed by atoms with Crippen molar-refractivity contribution in [2.24, 2.45) is 11.8 Å². The highest BCUT2D eigenvalue weighted by molar-refractivity contribution is 7.89. The third-order valence-corrected chi connectivity index (χ3v) is 8.10. The van der Waals surface area contributed by atoms with Crippen molar-refractivity contribution in [1.29, 1.82) is 0 Å². The summed E-state index contributed by atoms with van der Waals surface area (Å²) in [6.07, 6.45) is 10.1. The molecule has 1 heterocycles. The molecule has 4 rings (SSSR count). The van der Waals surface area contributed by atoms with Crippen LogP contribution in [0.2, 0.25) is 0 Å². The van der Waals surface area contributed by atoms with Gasteiger partial charge < -0.3 is 0 Å². The van der Waals surface area contributed by atoms with Gasteiger partial charge in [0.05, 0.1) is 9.82 Å². The van der Waals surface area contributed by atoms with Crippen LogP contribution >= 0.6 is 0 Å². The van der Waals surface area contributed by atoms with Gasteiger partial charge in [0, 0.05) is 24.7 Å². The van der Waals surface area contributed by atoms with Gasteiger partial charge in [0.25, 0.3) is 5.69 Å². The van der Waals surface area contributed by atoms with Crippen LogP contribution < -0.4 is 0 Å². The predicted octanol–water partition coefficient (Wildman–Crippen LogP) is 3.88. The summed E-state index contributed by atoms with van der Waals surface area (Å²) in [6.45, 7) is 0.523. The Balaban J connectivity index is 1.65. The number of allylic oxidation sites excluding steroid dienone is 1. The molecule has 26 heavy (non-hydrogen) atoms. The van der Waals surface area contributed by atoms with Crippen molar-refractivity contribution < 1.29 is 13.3 Å². The van der Waals surface area contributed by atoms with E-state index in [1.54, 1.807) is 4.31 Å². The third kappa shape index (κ3) is 3.07. The fourth-order valence-electron chi connectivity index (χ4n) is 4.88. The minimum absolute atomic E-state index is 0.0618. The molecule has 1 saturated carbocycles. The van der Waals surface area contributed by atoms with E-state index in [1.165, 1.54) is 49.1 Å². The summed E-state index contributed by atoms with van der Waals surface area (Å²) in [4.78, 5) is 10.5. The molecule has 0 radical (unpaired) electrons. The molecular formula is C19H24N2O4S. The minimum atomic E-state index is -3.65. The van der Waals surface area contributed by atoms with Gasteiger partial charge >= 0.3 is 0 Å². The van der Waals surface area contributed by atoms with E-state index in [9.17, 15) is 18.5 Å². The number of nitro groups is 1. The fraction of sp³-hybridized carbons (Fsp3) is 0.579. The molecule has 2 aliphatic carbocycles. The molecule has 1 saturated heterocycles. The number of rotatable bonds is 3. The molecule has 0 unspecified atom stereocenters. The maximum absolute atomic E-state index is 13.2. The van der Waals surface area contributed by atoms with Gasteiger partial charge in [-0.15, -0.1) is 0 Å². The first-order chi connectivity index (χ1) is 12.5. The van der Waals surface area contributed by atoms with E-state index in [0.717, 1.165) is 25.7 Å². The molecular weight excluding hydrogens is 352 g/mol. The minimum Gasteiger partial charge on any atom is -0.258 e. The molecule has 0 bridgehead atoms. The van der Waals surface area contributed by atoms with E-state index < -0.39 is 14.9 Å². The maximum Gasteiger partial charge on any atom is 0.269 e. The van der Waals surface area contributed by atoms with Crippen LogP contribution in [0.1, 0.15) is 44.9 Å². The Kier molecular flexibility index (Phi) is 4.61. The van der Waals surface area contributed by atoms with Crippen molar-refractivity contribution in [2.45, 2.75) is 55.9 Å². The summed E-state index contributed by atoms with van der Waals surface area (Å²) in [5.41, 5.74) is 1.36. The van der Waals surface area contributed by atoms with Gasteiger partial charge in [-0.3, -0.25) is 10.1 Å². The second kappa shape index (κ2) is 6.78. The molecule has 1 aromatic rings. The summed E-state index contributed by atoms with van der Waals surface area (Å²) in [5, 5.41) is 10.8. The third-order valence-electron chi connectivity index (χ3n) is 6.19. The van der Waals surface area contributed by atoms with E-state index in [1.807, 2.05) is 0 Å². The van der Waals surface area contributed by atoms with Gasteiger partial charge in [0.15, 0.2) is 0 Å². The van der Waals surface area contributed by atoms with Crippen LogP contribution in [0.25, 0.3) is 0 Å². The zero-order valence-corrected chi connectivity index (χ0v) is 15.5. The fourth-order valence-corrected chi connectivity index (χ4v) is 6.55. The van der Waals surface area contributed by atoms with Crippen LogP contribution in [0.4, 0.5) is 5.69 Å². The van der Waals surface area contributed by atoms with Crippen molar-refractivity contribution in [1.82, 2.24) is 4.31 Å². The highest BCUT2D eigenvalue weighted by Gasteiger charge is 2.42. The van der Waals surface area contributed by atoms with E-state index in [-0.39, 0.29) is 16.6 Å². The lowest BCUT2D eigenvalue weighted by molar-refractivity contribution is -0.384. The number of benzene rings is 1. The zero-order valence-electron chi connectivity index (χ0n) is 14.7. The molecule has 0 N–H and O–H groups in total. The van der Waals surface area contributed by atoms with Gasteiger partial charge in [-0.2, -0.15) is 4.31 Å². The van der Waals surface area contributed by atoms with E-state index in [4.69, 9.17) is 0 Å². The number of piperidine rings is 1. The lowest BCUT2D eigenvalue weighted by atomic mass is 9.70. The van der Waals surface area contributed by atoms with Gasteiger partial charge in [-0.05, 0) is 62.5 Å². The number of nitro benzene ring substituents is 1. The summed E-state index contributed by atoms with van der Waals surface area (Å²) >= 11 is 0. The average molecular weight is 376 g/mol. The number of non-ortho nitro benzene ring substituents is 1. The van der Waals surface area contributed by atoms with Crippen molar-refractivity contribution >= 4 is 15.7 Å². The zero-order chi connectivity index (χ0) is 18.3. The van der Waals surface area contributed by atoms with Crippen LogP contribution in [0.15, 0.2) is 40.8 Å². The van der Waals surface area contributed by atoms with Gasteiger partial charge in [-0.1, -0.05) is 18.1 Å². The van der Waals surface area contributed by atoms with Gasteiger partial charge in [0.1, 0.15) is 0 Å². The second-order valence-corrected chi connectivity index (χ2v) is 9.57. The Bertz CT molecular complexity index is 832. The first-order valence-electron chi connectivity index (χ1n) is 9.44. The quantitative estimate of drug-likeness (QED) is 0.455. The van der Waals surface area contributed by atoms with Crippen molar-refractivity contribution in [3.05, 3.63) is 46.0 Å².